The van der Waals surface area contributed by atoms with Gasteiger partial charge in [0, 0.05) is 50.5 Å². The van der Waals surface area contributed by atoms with Gasteiger partial charge < -0.3 is 24.2 Å². The average Bonchev–Trinajstić information content (AvgIpc) is 3.16. The third kappa shape index (κ3) is 2.86. The van der Waals surface area contributed by atoms with Crippen LogP contribution in [0.15, 0.2) is 10.7 Å². The molecule has 132 valence electrons. The third-order valence-corrected chi connectivity index (χ3v) is 5.03. The maximum atomic E-state index is 12.1. The zero-order valence-corrected chi connectivity index (χ0v) is 14.4. The van der Waals surface area contributed by atoms with Gasteiger partial charge in [-0.15, -0.1) is 0 Å². The quantitative estimate of drug-likeness (QED) is 0.842. The van der Waals surface area contributed by atoms with Gasteiger partial charge in [0.05, 0.1) is 0 Å². The molecule has 0 bridgehead atoms. The van der Waals surface area contributed by atoms with Crippen molar-refractivity contribution in [2.45, 2.75) is 13.3 Å². The first kappa shape index (κ1) is 16.8. The number of rotatable bonds is 5. The molecule has 0 aliphatic carbocycles. The highest BCUT2D eigenvalue weighted by Crippen LogP contribution is 2.44. The van der Waals surface area contributed by atoms with Crippen LogP contribution in [0.5, 0.6) is 0 Å². The first-order valence-corrected chi connectivity index (χ1v) is 8.21. The summed E-state index contributed by atoms with van der Waals surface area (Å²) >= 11 is 0. The number of aromatic carboxylic acids is 1. The molecule has 1 aromatic rings. The molecule has 2 unspecified atom stereocenters. The third-order valence-electron chi connectivity index (χ3n) is 5.03. The summed E-state index contributed by atoms with van der Waals surface area (Å²) in [6.07, 6.45) is 1.70. The summed E-state index contributed by atoms with van der Waals surface area (Å²) < 4.78 is 5.36. The number of nitrogens with zero attached hydrogens (tertiary/aromatic N) is 4. The van der Waals surface area contributed by atoms with E-state index in [1.165, 1.54) is 6.26 Å². The largest absolute Gasteiger partial charge is 0.476 e. The molecule has 2 aliphatic rings. The maximum absolute atomic E-state index is 12.1. The molecular formula is C16H24N4O4. The van der Waals surface area contributed by atoms with Crippen LogP contribution in [-0.4, -0.2) is 78.6 Å². The first-order valence-electron chi connectivity index (χ1n) is 8.21. The van der Waals surface area contributed by atoms with Crippen LogP contribution < -0.4 is 4.90 Å². The minimum atomic E-state index is -1.09. The highest BCUT2D eigenvalue weighted by atomic mass is 16.4. The van der Waals surface area contributed by atoms with E-state index in [1.807, 2.05) is 30.8 Å². The molecular weight excluding hydrogens is 312 g/mol. The lowest BCUT2D eigenvalue weighted by atomic mass is 9.80. The molecule has 2 aliphatic heterocycles. The number of hydrogen-bond acceptors (Lipinski definition) is 6. The number of hydrogen-bond donors (Lipinski definition) is 1. The van der Waals surface area contributed by atoms with Crippen molar-refractivity contribution in [2.75, 3.05) is 51.7 Å². The predicted octanol–water partition coefficient (Wildman–Crippen LogP) is 0.609. The summed E-state index contributed by atoms with van der Waals surface area (Å²) in [7, 11) is 4.07. The van der Waals surface area contributed by atoms with E-state index < -0.39 is 5.97 Å². The Kier molecular flexibility index (Phi) is 4.25. The van der Waals surface area contributed by atoms with E-state index in [0.29, 0.717) is 24.9 Å². The van der Waals surface area contributed by atoms with E-state index in [0.717, 1.165) is 26.2 Å². The van der Waals surface area contributed by atoms with E-state index >= 15 is 0 Å². The van der Waals surface area contributed by atoms with Gasteiger partial charge in [0.1, 0.15) is 6.26 Å². The Balaban J connectivity index is 1.80. The molecule has 0 aromatic carbocycles. The van der Waals surface area contributed by atoms with Crippen LogP contribution in [0.25, 0.3) is 0 Å². The fourth-order valence-corrected chi connectivity index (χ4v) is 4.10. The normalized spacial score (nSPS) is 26.2. The number of carbonyl (C=O) groups excluding carboxylic acids is 1. The molecule has 0 spiro atoms. The van der Waals surface area contributed by atoms with Crippen LogP contribution in [0.4, 0.5) is 6.01 Å². The van der Waals surface area contributed by atoms with Crippen molar-refractivity contribution in [2.24, 2.45) is 11.3 Å². The van der Waals surface area contributed by atoms with Gasteiger partial charge in [0.25, 0.3) is 6.01 Å². The lowest BCUT2D eigenvalue weighted by Crippen LogP contribution is -2.42. The number of carbonyl (C=O) groups is 2. The van der Waals surface area contributed by atoms with Gasteiger partial charge in [0.2, 0.25) is 5.91 Å². The second-order valence-electron chi connectivity index (χ2n) is 7.13. The van der Waals surface area contributed by atoms with Crippen molar-refractivity contribution in [3.63, 3.8) is 0 Å². The summed E-state index contributed by atoms with van der Waals surface area (Å²) in [5, 5.41) is 9.00. The summed E-state index contributed by atoms with van der Waals surface area (Å²) in [5.41, 5.74) is -0.113. The molecule has 8 heteroatoms. The molecule has 0 saturated carbocycles. The summed E-state index contributed by atoms with van der Waals surface area (Å²) in [6.45, 7) is 5.66. The van der Waals surface area contributed by atoms with Crippen molar-refractivity contribution < 1.29 is 19.1 Å². The molecule has 3 heterocycles. The molecule has 2 saturated heterocycles. The van der Waals surface area contributed by atoms with Crippen molar-refractivity contribution in [3.8, 4) is 0 Å². The van der Waals surface area contributed by atoms with Crippen molar-refractivity contribution in [1.82, 2.24) is 14.8 Å². The number of carboxylic acids is 1. The van der Waals surface area contributed by atoms with Crippen LogP contribution >= 0.6 is 0 Å². The second kappa shape index (κ2) is 6.08. The Morgan fingerprint density at radius 1 is 1.42 bits per heavy atom. The Morgan fingerprint density at radius 2 is 2.17 bits per heavy atom. The van der Waals surface area contributed by atoms with Gasteiger partial charge in [-0.1, -0.05) is 6.92 Å². The second-order valence-corrected chi connectivity index (χ2v) is 7.13. The maximum Gasteiger partial charge on any atom is 0.357 e. The highest BCUT2D eigenvalue weighted by molar-refractivity contribution is 5.85. The Hall–Kier alpha value is -2.09. The highest BCUT2D eigenvalue weighted by Gasteiger charge is 2.54. The monoisotopic (exact) mass is 336 g/mol. The van der Waals surface area contributed by atoms with E-state index in [9.17, 15) is 9.59 Å². The lowest BCUT2D eigenvalue weighted by Gasteiger charge is -2.31. The van der Waals surface area contributed by atoms with Crippen LogP contribution in [0.3, 0.4) is 0 Å². The zero-order chi connectivity index (χ0) is 17.5. The average molecular weight is 336 g/mol. The fraction of sp³-hybridized carbons (Fsp3) is 0.688. The van der Waals surface area contributed by atoms with Gasteiger partial charge in [-0.2, -0.15) is 4.98 Å². The first-order chi connectivity index (χ1) is 11.3. The number of amides is 1. The Bertz CT molecular complexity index is 644. The molecule has 8 nitrogen and oxygen atoms in total. The van der Waals surface area contributed by atoms with Gasteiger partial charge in [-0.3, -0.25) is 4.79 Å². The molecule has 2 atom stereocenters. The van der Waals surface area contributed by atoms with E-state index in [1.54, 1.807) is 0 Å². The van der Waals surface area contributed by atoms with Crippen LogP contribution in [0, 0.1) is 11.3 Å². The fourth-order valence-electron chi connectivity index (χ4n) is 4.10. The van der Waals surface area contributed by atoms with Gasteiger partial charge in [0.15, 0.2) is 5.69 Å². The Labute approximate surface area is 141 Å². The number of fused-ring (bicyclic) bond motifs is 1. The number of likely N-dealkylation sites (tertiary alicyclic amines) is 1. The number of oxazole rings is 1. The standard InChI is InChI=1S/C16H24N4O4/c1-4-13(21)19-5-11-6-20(10-16(11,9-19)8-18(2)3)15-17-12(7-24-15)14(22)23/h7,11H,4-6,8-10H2,1-3H3,(H,22,23). The smallest absolute Gasteiger partial charge is 0.357 e. The topological polar surface area (TPSA) is 90.1 Å². The number of carboxylic acid groups (broad SMARTS) is 1. The van der Waals surface area contributed by atoms with Gasteiger partial charge in [-0.25, -0.2) is 4.79 Å². The molecule has 0 radical (unpaired) electrons. The summed E-state index contributed by atoms with van der Waals surface area (Å²) in [6, 6.07) is 0.355. The molecule has 1 aromatic heterocycles. The van der Waals surface area contributed by atoms with E-state index in [-0.39, 0.29) is 17.0 Å². The Morgan fingerprint density at radius 3 is 2.75 bits per heavy atom. The molecule has 1 N–H and O–H groups in total. The van der Waals surface area contributed by atoms with Crippen molar-refractivity contribution in [3.05, 3.63) is 12.0 Å². The predicted molar refractivity (Wildman–Crippen MR) is 87.0 cm³/mol. The summed E-state index contributed by atoms with van der Waals surface area (Å²) in [5.74, 6) is -0.568. The van der Waals surface area contributed by atoms with Crippen LogP contribution in [0.2, 0.25) is 0 Å². The minimum Gasteiger partial charge on any atom is -0.476 e. The van der Waals surface area contributed by atoms with E-state index in [4.69, 9.17) is 9.52 Å². The van der Waals surface area contributed by atoms with Crippen LogP contribution in [-0.2, 0) is 4.79 Å². The van der Waals surface area contributed by atoms with E-state index in [2.05, 4.69) is 9.88 Å². The molecule has 24 heavy (non-hydrogen) atoms. The van der Waals surface area contributed by atoms with Crippen molar-refractivity contribution >= 4 is 17.9 Å². The van der Waals surface area contributed by atoms with Gasteiger partial charge in [-0.05, 0) is 14.1 Å². The molecule has 1 amide bonds. The lowest BCUT2D eigenvalue weighted by molar-refractivity contribution is -0.130. The number of aromatic nitrogens is 1. The van der Waals surface area contributed by atoms with Crippen LogP contribution in [0.1, 0.15) is 23.8 Å². The SMILES string of the molecule is CCC(=O)N1CC2CN(c3nc(C(=O)O)co3)CC2(CN(C)C)C1. The minimum absolute atomic E-state index is 0.0355. The van der Waals surface area contributed by atoms with Gasteiger partial charge >= 0.3 is 5.97 Å². The molecule has 2 fully saturated rings. The summed E-state index contributed by atoms with van der Waals surface area (Å²) in [4.78, 5) is 33.3. The zero-order valence-electron chi connectivity index (χ0n) is 14.4. The van der Waals surface area contributed by atoms with Crippen molar-refractivity contribution in [1.29, 1.82) is 0 Å². The number of anilines is 1. The molecule has 3 rings (SSSR count).